The highest BCUT2D eigenvalue weighted by atomic mass is 32.2. The number of amidine groups is 1. The smallest absolute Gasteiger partial charge is 0.264 e. The Balaban J connectivity index is 1.33. The second-order valence-electron chi connectivity index (χ2n) is 6.95. The van der Waals surface area contributed by atoms with Crippen LogP contribution in [-0.2, 0) is 9.59 Å². The molecule has 0 aromatic heterocycles. The van der Waals surface area contributed by atoms with Gasteiger partial charge in [0.2, 0.25) is 0 Å². The molecule has 7 nitrogen and oxygen atoms in total. The highest BCUT2D eigenvalue weighted by Crippen LogP contribution is 2.29. The molecule has 1 saturated heterocycles. The summed E-state index contributed by atoms with van der Waals surface area (Å²) in [6, 6.07) is 23.6. The Morgan fingerprint density at radius 3 is 2.39 bits per heavy atom. The highest BCUT2D eigenvalue weighted by Gasteiger charge is 2.23. The molecular weight excluding hydrogens is 438 g/mol. The number of carbonyl (C=O) groups excluding carboxylic acids is 2. The molecule has 3 aromatic rings. The zero-order valence-corrected chi connectivity index (χ0v) is 18.6. The summed E-state index contributed by atoms with van der Waals surface area (Å²) in [5.41, 5.74) is 2.27. The third kappa shape index (κ3) is 6.24. The fraction of sp³-hybridized carbons (Fsp3) is 0.0800. The number of rotatable bonds is 7. The molecule has 166 valence electrons. The summed E-state index contributed by atoms with van der Waals surface area (Å²) >= 11 is 1.27. The predicted molar refractivity (Wildman–Crippen MR) is 131 cm³/mol. The summed E-state index contributed by atoms with van der Waals surface area (Å²) in [5.74, 6) is 0.859. The van der Waals surface area contributed by atoms with Crippen LogP contribution in [0.1, 0.15) is 5.56 Å². The number of para-hydroxylation sites is 1. The van der Waals surface area contributed by atoms with Crippen molar-refractivity contribution in [3.8, 4) is 11.5 Å². The number of aliphatic imine (C=N–C) groups is 1. The molecule has 0 aliphatic carbocycles. The van der Waals surface area contributed by atoms with Gasteiger partial charge in [-0.25, -0.2) is 4.99 Å². The van der Waals surface area contributed by atoms with E-state index >= 15 is 0 Å². The molecule has 2 N–H and O–H groups in total. The maximum absolute atomic E-state index is 12.3. The maximum atomic E-state index is 12.3. The molecule has 8 heteroatoms. The van der Waals surface area contributed by atoms with Crippen molar-refractivity contribution < 1.29 is 19.1 Å². The molecule has 1 fully saturated rings. The predicted octanol–water partition coefficient (Wildman–Crippen LogP) is 4.60. The third-order valence-corrected chi connectivity index (χ3v) is 5.47. The second-order valence-corrected chi connectivity index (χ2v) is 7.98. The van der Waals surface area contributed by atoms with Gasteiger partial charge in [-0.2, -0.15) is 0 Å². The molecule has 0 unspecified atom stereocenters. The number of hydrogen-bond acceptors (Lipinski definition) is 6. The van der Waals surface area contributed by atoms with Crippen molar-refractivity contribution in [1.82, 2.24) is 5.32 Å². The standard InChI is InChI=1S/C25H21N3O4S/c1-31-20-13-9-19(10-14-20)27-25-28-24(30)22(33-25)15-17-7-11-21(12-8-17)32-16-23(29)26-18-5-3-2-4-6-18/h2-15H,16H2,1H3,(H,26,29)(H,27,28,30)/b22-15+. The zero-order chi connectivity index (χ0) is 23.0. The number of anilines is 1. The summed E-state index contributed by atoms with van der Waals surface area (Å²) in [5, 5.41) is 6.05. The number of amides is 2. The van der Waals surface area contributed by atoms with Crippen LogP contribution in [0.15, 0.2) is 88.8 Å². The van der Waals surface area contributed by atoms with E-state index in [4.69, 9.17) is 9.47 Å². The SMILES string of the molecule is COc1ccc(N=C2NC(=O)/C(=C\c3ccc(OCC(=O)Nc4ccccc4)cc3)S2)cc1. The molecular formula is C25H21N3O4S. The molecule has 3 aromatic carbocycles. The van der Waals surface area contributed by atoms with Crippen molar-refractivity contribution in [2.24, 2.45) is 4.99 Å². The molecule has 1 aliphatic rings. The van der Waals surface area contributed by atoms with Crippen molar-refractivity contribution in [3.05, 3.63) is 89.3 Å². The number of methoxy groups -OCH3 is 1. The average Bonchev–Trinajstić information content (AvgIpc) is 3.18. The van der Waals surface area contributed by atoms with Gasteiger partial charge in [0.15, 0.2) is 11.8 Å². The van der Waals surface area contributed by atoms with Gasteiger partial charge in [0.25, 0.3) is 11.8 Å². The first-order valence-electron chi connectivity index (χ1n) is 10.1. The van der Waals surface area contributed by atoms with Gasteiger partial charge >= 0.3 is 0 Å². The van der Waals surface area contributed by atoms with Gasteiger partial charge < -0.3 is 20.1 Å². The Kier molecular flexibility index (Phi) is 7.06. The first-order chi connectivity index (χ1) is 16.1. The van der Waals surface area contributed by atoms with Crippen LogP contribution in [0.5, 0.6) is 11.5 Å². The normalized spacial score (nSPS) is 15.4. The minimum Gasteiger partial charge on any atom is -0.497 e. The lowest BCUT2D eigenvalue weighted by Crippen LogP contribution is -2.20. The molecule has 2 amide bonds. The summed E-state index contributed by atoms with van der Waals surface area (Å²) in [6.07, 6.45) is 1.78. The van der Waals surface area contributed by atoms with E-state index in [1.54, 1.807) is 25.3 Å². The van der Waals surface area contributed by atoms with Gasteiger partial charge in [0.1, 0.15) is 11.5 Å². The van der Waals surface area contributed by atoms with Crippen LogP contribution in [0.2, 0.25) is 0 Å². The van der Waals surface area contributed by atoms with Crippen molar-refractivity contribution in [2.45, 2.75) is 0 Å². The summed E-state index contributed by atoms with van der Waals surface area (Å²) in [6.45, 7) is -0.0984. The van der Waals surface area contributed by atoms with Gasteiger partial charge in [0, 0.05) is 5.69 Å². The van der Waals surface area contributed by atoms with Crippen molar-refractivity contribution in [1.29, 1.82) is 0 Å². The van der Waals surface area contributed by atoms with Crippen molar-refractivity contribution in [3.63, 3.8) is 0 Å². The van der Waals surface area contributed by atoms with E-state index < -0.39 is 0 Å². The highest BCUT2D eigenvalue weighted by molar-refractivity contribution is 8.18. The van der Waals surface area contributed by atoms with E-state index in [2.05, 4.69) is 15.6 Å². The lowest BCUT2D eigenvalue weighted by atomic mass is 10.2. The second kappa shape index (κ2) is 10.5. The summed E-state index contributed by atoms with van der Waals surface area (Å²) < 4.78 is 10.7. The maximum Gasteiger partial charge on any atom is 0.264 e. The fourth-order valence-electron chi connectivity index (χ4n) is 2.93. The lowest BCUT2D eigenvalue weighted by molar-refractivity contribution is -0.118. The van der Waals surface area contributed by atoms with Gasteiger partial charge in [-0.3, -0.25) is 9.59 Å². The van der Waals surface area contributed by atoms with E-state index in [-0.39, 0.29) is 18.4 Å². The van der Waals surface area contributed by atoms with Crippen molar-refractivity contribution >= 4 is 46.2 Å². The Hall–Kier alpha value is -4.04. The number of nitrogens with one attached hydrogen (secondary N) is 2. The first-order valence-corrected chi connectivity index (χ1v) is 10.9. The van der Waals surface area contributed by atoms with E-state index in [0.717, 1.165) is 22.7 Å². The molecule has 4 rings (SSSR count). The molecule has 0 atom stereocenters. The topological polar surface area (TPSA) is 89.0 Å². The van der Waals surface area contributed by atoms with E-state index in [0.29, 0.717) is 15.8 Å². The van der Waals surface area contributed by atoms with Gasteiger partial charge in [-0.1, -0.05) is 30.3 Å². The van der Waals surface area contributed by atoms with Crippen LogP contribution in [0.4, 0.5) is 11.4 Å². The number of thioether (sulfide) groups is 1. The number of hydrogen-bond donors (Lipinski definition) is 2. The Morgan fingerprint density at radius 2 is 1.70 bits per heavy atom. The molecule has 1 heterocycles. The number of carbonyl (C=O) groups is 2. The number of benzene rings is 3. The molecule has 0 bridgehead atoms. The van der Waals surface area contributed by atoms with Crippen LogP contribution >= 0.6 is 11.8 Å². The van der Waals surface area contributed by atoms with Crippen molar-refractivity contribution in [2.75, 3.05) is 19.0 Å². The third-order valence-electron chi connectivity index (χ3n) is 4.56. The Labute approximate surface area is 195 Å². The number of ether oxygens (including phenoxy) is 2. The lowest BCUT2D eigenvalue weighted by Gasteiger charge is -2.07. The van der Waals surface area contributed by atoms with Gasteiger partial charge in [-0.05, 0) is 71.9 Å². The largest absolute Gasteiger partial charge is 0.497 e. The first kappa shape index (κ1) is 22.2. The quantitative estimate of drug-likeness (QED) is 0.504. The minimum atomic E-state index is -0.241. The van der Waals surface area contributed by atoms with Gasteiger partial charge in [-0.15, -0.1) is 0 Å². The fourth-order valence-corrected chi connectivity index (χ4v) is 3.78. The van der Waals surface area contributed by atoms with Crippen LogP contribution in [-0.4, -0.2) is 30.7 Å². The summed E-state index contributed by atoms with van der Waals surface area (Å²) in [7, 11) is 1.60. The van der Waals surface area contributed by atoms with E-state index in [1.807, 2.05) is 66.7 Å². The molecule has 0 spiro atoms. The van der Waals surface area contributed by atoms with Crippen LogP contribution in [0, 0.1) is 0 Å². The monoisotopic (exact) mass is 459 g/mol. The van der Waals surface area contributed by atoms with Crippen LogP contribution in [0.25, 0.3) is 6.08 Å². The Bertz CT molecular complexity index is 1190. The van der Waals surface area contributed by atoms with Gasteiger partial charge in [0.05, 0.1) is 17.7 Å². The molecule has 1 aliphatic heterocycles. The number of nitrogens with zero attached hydrogens (tertiary/aromatic N) is 1. The average molecular weight is 460 g/mol. The van der Waals surface area contributed by atoms with E-state index in [9.17, 15) is 9.59 Å². The molecule has 0 saturated carbocycles. The summed E-state index contributed by atoms with van der Waals surface area (Å²) in [4.78, 5) is 29.3. The zero-order valence-electron chi connectivity index (χ0n) is 17.8. The van der Waals surface area contributed by atoms with Crippen LogP contribution in [0.3, 0.4) is 0 Å². The van der Waals surface area contributed by atoms with E-state index in [1.165, 1.54) is 11.8 Å². The Morgan fingerprint density at radius 1 is 1.00 bits per heavy atom. The molecule has 33 heavy (non-hydrogen) atoms. The molecule has 0 radical (unpaired) electrons. The minimum absolute atomic E-state index is 0.0984. The van der Waals surface area contributed by atoms with Crippen LogP contribution < -0.4 is 20.1 Å².